The standard InChI is InChI=1S/C15H18N4O/c1-11(2)5-7-19-10-12(9-18-19)13-4-6-17-15(20-3)14(13)8-16/h4,6,9-11H,5,7H2,1-3H3. The molecule has 2 rings (SSSR count). The molecule has 0 aliphatic carbocycles. The molecule has 0 aliphatic rings. The average molecular weight is 270 g/mol. The lowest BCUT2D eigenvalue weighted by molar-refractivity contribution is 0.397. The summed E-state index contributed by atoms with van der Waals surface area (Å²) in [4.78, 5) is 4.05. The predicted molar refractivity (Wildman–Crippen MR) is 76.2 cm³/mol. The van der Waals surface area contributed by atoms with Gasteiger partial charge in [0.25, 0.3) is 0 Å². The van der Waals surface area contributed by atoms with Gasteiger partial charge in [-0.05, 0) is 18.4 Å². The van der Waals surface area contributed by atoms with Crippen LogP contribution in [0.5, 0.6) is 5.88 Å². The van der Waals surface area contributed by atoms with E-state index >= 15 is 0 Å². The molecule has 0 saturated heterocycles. The summed E-state index contributed by atoms with van der Waals surface area (Å²) in [6.07, 6.45) is 6.44. The second-order valence-corrected chi connectivity index (χ2v) is 5.03. The number of ether oxygens (including phenoxy) is 1. The van der Waals surface area contributed by atoms with Gasteiger partial charge >= 0.3 is 0 Å². The molecule has 104 valence electrons. The third kappa shape index (κ3) is 2.97. The van der Waals surface area contributed by atoms with Crippen molar-refractivity contribution in [2.24, 2.45) is 5.92 Å². The third-order valence-corrected chi connectivity index (χ3v) is 3.10. The van der Waals surface area contributed by atoms with E-state index in [1.165, 1.54) is 7.11 Å². The number of aromatic nitrogens is 3. The Morgan fingerprint density at radius 3 is 2.90 bits per heavy atom. The van der Waals surface area contributed by atoms with Crippen LogP contribution in [0.25, 0.3) is 11.1 Å². The molecule has 2 aromatic heterocycles. The Morgan fingerprint density at radius 1 is 1.45 bits per heavy atom. The number of nitrogens with zero attached hydrogens (tertiary/aromatic N) is 4. The predicted octanol–water partition coefficient (Wildman–Crippen LogP) is 2.87. The number of hydrogen-bond acceptors (Lipinski definition) is 4. The highest BCUT2D eigenvalue weighted by Crippen LogP contribution is 2.27. The maximum absolute atomic E-state index is 9.28. The van der Waals surface area contributed by atoms with Gasteiger partial charge in [0.2, 0.25) is 5.88 Å². The van der Waals surface area contributed by atoms with Crippen LogP contribution < -0.4 is 4.74 Å². The zero-order valence-corrected chi connectivity index (χ0v) is 12.0. The summed E-state index contributed by atoms with van der Waals surface area (Å²) in [5.74, 6) is 0.985. The molecule has 0 aromatic carbocycles. The number of methoxy groups -OCH3 is 1. The van der Waals surface area contributed by atoms with Crippen molar-refractivity contribution in [2.45, 2.75) is 26.8 Å². The SMILES string of the molecule is COc1nccc(-c2cnn(CCC(C)C)c2)c1C#N. The van der Waals surface area contributed by atoms with Crippen LogP contribution in [0.3, 0.4) is 0 Å². The Balaban J connectivity index is 2.31. The summed E-state index contributed by atoms with van der Waals surface area (Å²) in [5, 5.41) is 13.6. The van der Waals surface area contributed by atoms with Gasteiger partial charge in [0.05, 0.1) is 13.3 Å². The van der Waals surface area contributed by atoms with Gasteiger partial charge in [-0.1, -0.05) is 13.8 Å². The van der Waals surface area contributed by atoms with E-state index in [9.17, 15) is 5.26 Å². The minimum Gasteiger partial charge on any atom is -0.480 e. The summed E-state index contributed by atoms with van der Waals surface area (Å²) in [7, 11) is 1.51. The highest BCUT2D eigenvalue weighted by Gasteiger charge is 2.13. The van der Waals surface area contributed by atoms with Crippen molar-refractivity contribution < 1.29 is 4.74 Å². The molecular weight excluding hydrogens is 252 g/mol. The van der Waals surface area contributed by atoms with Gasteiger partial charge in [0.15, 0.2) is 0 Å². The molecule has 0 spiro atoms. The van der Waals surface area contributed by atoms with Crippen molar-refractivity contribution in [3.63, 3.8) is 0 Å². The molecule has 0 fully saturated rings. The van der Waals surface area contributed by atoms with E-state index in [0.717, 1.165) is 24.1 Å². The van der Waals surface area contributed by atoms with Crippen LogP contribution >= 0.6 is 0 Å². The van der Waals surface area contributed by atoms with E-state index in [-0.39, 0.29) is 0 Å². The van der Waals surface area contributed by atoms with Crippen molar-refractivity contribution in [1.29, 1.82) is 5.26 Å². The lowest BCUT2D eigenvalue weighted by Gasteiger charge is -2.06. The molecule has 0 N–H and O–H groups in total. The van der Waals surface area contributed by atoms with Crippen molar-refractivity contribution in [1.82, 2.24) is 14.8 Å². The van der Waals surface area contributed by atoms with Crippen LogP contribution in [0.15, 0.2) is 24.7 Å². The number of rotatable bonds is 5. The molecule has 0 amide bonds. The third-order valence-electron chi connectivity index (χ3n) is 3.10. The molecule has 2 aromatic rings. The Kier molecular flexibility index (Phi) is 4.36. The normalized spacial score (nSPS) is 10.6. The molecule has 2 heterocycles. The van der Waals surface area contributed by atoms with Gasteiger partial charge in [0.1, 0.15) is 11.6 Å². The number of aryl methyl sites for hydroxylation is 1. The fourth-order valence-corrected chi connectivity index (χ4v) is 1.96. The van der Waals surface area contributed by atoms with Crippen LogP contribution in [-0.4, -0.2) is 21.9 Å². The monoisotopic (exact) mass is 270 g/mol. The summed E-state index contributed by atoms with van der Waals surface area (Å²) in [5.41, 5.74) is 2.15. The van der Waals surface area contributed by atoms with Gasteiger partial charge in [0, 0.05) is 30.1 Å². The van der Waals surface area contributed by atoms with E-state index in [1.807, 2.05) is 16.9 Å². The lowest BCUT2D eigenvalue weighted by atomic mass is 10.1. The van der Waals surface area contributed by atoms with Gasteiger partial charge in [-0.15, -0.1) is 0 Å². The number of pyridine rings is 1. The van der Waals surface area contributed by atoms with Crippen LogP contribution in [0.2, 0.25) is 0 Å². The first-order chi connectivity index (χ1) is 9.65. The van der Waals surface area contributed by atoms with Crippen molar-refractivity contribution in [3.8, 4) is 23.1 Å². The van der Waals surface area contributed by atoms with Crippen LogP contribution in [0, 0.1) is 17.2 Å². The first kappa shape index (κ1) is 14.1. The van der Waals surface area contributed by atoms with Crippen molar-refractivity contribution >= 4 is 0 Å². The fourth-order valence-electron chi connectivity index (χ4n) is 1.96. The molecule has 5 heteroatoms. The maximum Gasteiger partial charge on any atom is 0.232 e. The molecule has 0 radical (unpaired) electrons. The van der Waals surface area contributed by atoms with Gasteiger partial charge in [-0.3, -0.25) is 4.68 Å². The molecule has 20 heavy (non-hydrogen) atoms. The van der Waals surface area contributed by atoms with E-state index in [0.29, 0.717) is 17.4 Å². The topological polar surface area (TPSA) is 63.7 Å². The summed E-state index contributed by atoms with van der Waals surface area (Å²) < 4.78 is 7.03. The minimum absolute atomic E-state index is 0.347. The van der Waals surface area contributed by atoms with Crippen LogP contribution in [0.1, 0.15) is 25.8 Å². The van der Waals surface area contributed by atoms with Crippen LogP contribution in [0.4, 0.5) is 0 Å². The first-order valence-electron chi connectivity index (χ1n) is 6.61. The quantitative estimate of drug-likeness (QED) is 0.838. The van der Waals surface area contributed by atoms with Crippen molar-refractivity contribution in [3.05, 3.63) is 30.2 Å². The molecule has 0 unspecified atom stereocenters. The fraction of sp³-hybridized carbons (Fsp3) is 0.400. The zero-order valence-electron chi connectivity index (χ0n) is 12.0. The second-order valence-electron chi connectivity index (χ2n) is 5.03. The molecular formula is C15H18N4O. The summed E-state index contributed by atoms with van der Waals surface area (Å²) in [6, 6.07) is 3.96. The van der Waals surface area contributed by atoms with Gasteiger partial charge in [-0.25, -0.2) is 4.98 Å². The second kappa shape index (κ2) is 6.20. The lowest BCUT2D eigenvalue weighted by Crippen LogP contribution is -2.01. The molecule has 0 saturated carbocycles. The van der Waals surface area contributed by atoms with E-state index in [2.05, 4.69) is 30.0 Å². The van der Waals surface area contributed by atoms with Crippen molar-refractivity contribution in [2.75, 3.05) is 7.11 Å². The van der Waals surface area contributed by atoms with E-state index < -0.39 is 0 Å². The van der Waals surface area contributed by atoms with Crippen LogP contribution in [-0.2, 0) is 6.54 Å². The minimum atomic E-state index is 0.347. The number of nitriles is 1. The zero-order chi connectivity index (χ0) is 14.5. The highest BCUT2D eigenvalue weighted by molar-refractivity contribution is 5.71. The van der Waals surface area contributed by atoms with E-state index in [4.69, 9.17) is 4.74 Å². The molecule has 5 nitrogen and oxygen atoms in total. The Bertz CT molecular complexity index is 625. The molecule has 0 aliphatic heterocycles. The van der Waals surface area contributed by atoms with Gasteiger partial charge in [-0.2, -0.15) is 10.4 Å². The Morgan fingerprint density at radius 2 is 2.25 bits per heavy atom. The largest absolute Gasteiger partial charge is 0.480 e. The Hall–Kier alpha value is -2.35. The first-order valence-corrected chi connectivity index (χ1v) is 6.61. The number of hydrogen-bond donors (Lipinski definition) is 0. The maximum atomic E-state index is 9.28. The summed E-state index contributed by atoms with van der Waals surface area (Å²) >= 11 is 0. The molecule has 0 bridgehead atoms. The summed E-state index contributed by atoms with van der Waals surface area (Å²) in [6.45, 7) is 5.25. The smallest absolute Gasteiger partial charge is 0.232 e. The van der Waals surface area contributed by atoms with E-state index in [1.54, 1.807) is 12.4 Å². The average Bonchev–Trinajstić information content (AvgIpc) is 2.92. The molecule has 0 atom stereocenters. The van der Waals surface area contributed by atoms with Gasteiger partial charge < -0.3 is 4.74 Å². The Labute approximate surface area is 118 Å². The highest BCUT2D eigenvalue weighted by atomic mass is 16.5.